The van der Waals surface area contributed by atoms with Crippen LogP contribution in [0.3, 0.4) is 0 Å². The average Bonchev–Trinajstić information content (AvgIpc) is 2.82. The summed E-state index contributed by atoms with van der Waals surface area (Å²) in [5, 5.41) is 10.3. The molecule has 0 aromatic carbocycles. The smallest absolute Gasteiger partial charge is 0.185 e. The first-order valence-corrected chi connectivity index (χ1v) is 6.71. The summed E-state index contributed by atoms with van der Waals surface area (Å²) >= 11 is 1.58. The van der Waals surface area contributed by atoms with E-state index in [-0.39, 0.29) is 6.61 Å². The van der Waals surface area contributed by atoms with Gasteiger partial charge in [-0.25, -0.2) is 4.98 Å². The minimum absolute atomic E-state index is 0.0492. The summed E-state index contributed by atoms with van der Waals surface area (Å²) in [5.74, 6) is 0. The van der Waals surface area contributed by atoms with Crippen molar-refractivity contribution in [3.63, 3.8) is 0 Å². The van der Waals surface area contributed by atoms with Crippen molar-refractivity contribution in [2.75, 3.05) is 25.1 Å². The molecule has 1 aromatic heterocycles. The van der Waals surface area contributed by atoms with Crippen molar-refractivity contribution < 1.29 is 9.84 Å². The Morgan fingerprint density at radius 1 is 1.53 bits per heavy atom. The van der Waals surface area contributed by atoms with Gasteiger partial charge in [-0.05, 0) is 11.8 Å². The van der Waals surface area contributed by atoms with Crippen LogP contribution in [-0.2, 0) is 18.0 Å². The van der Waals surface area contributed by atoms with Crippen LogP contribution in [0.25, 0.3) is 0 Å². The van der Waals surface area contributed by atoms with Gasteiger partial charge in [0.1, 0.15) is 0 Å². The van der Waals surface area contributed by atoms with Crippen molar-refractivity contribution in [3.05, 3.63) is 10.6 Å². The van der Waals surface area contributed by atoms with Crippen molar-refractivity contribution in [1.29, 1.82) is 0 Å². The Kier molecular flexibility index (Phi) is 3.70. The maximum atomic E-state index is 9.30. The van der Waals surface area contributed by atoms with Crippen LogP contribution in [-0.4, -0.2) is 30.3 Å². The predicted octanol–water partition coefficient (Wildman–Crippen LogP) is 2.02. The third kappa shape index (κ3) is 2.78. The molecule has 1 aromatic rings. The lowest BCUT2D eigenvalue weighted by molar-refractivity contribution is 0.179. The number of rotatable bonds is 4. The van der Waals surface area contributed by atoms with Crippen LogP contribution in [0.2, 0.25) is 0 Å². The molecule has 1 fully saturated rings. The lowest BCUT2D eigenvalue weighted by atomic mass is 9.93. The monoisotopic (exact) mass is 256 g/mol. The molecule has 17 heavy (non-hydrogen) atoms. The number of aliphatic hydroxyl groups is 1. The van der Waals surface area contributed by atoms with Crippen LogP contribution < -0.4 is 4.90 Å². The average molecular weight is 256 g/mol. The van der Waals surface area contributed by atoms with Gasteiger partial charge in [-0.3, -0.25) is 0 Å². The van der Waals surface area contributed by atoms with Gasteiger partial charge < -0.3 is 14.7 Å². The van der Waals surface area contributed by atoms with Crippen molar-refractivity contribution in [2.45, 2.75) is 33.5 Å². The zero-order chi connectivity index (χ0) is 12.5. The van der Waals surface area contributed by atoms with Gasteiger partial charge in [-0.1, -0.05) is 25.2 Å². The quantitative estimate of drug-likeness (QED) is 0.895. The number of anilines is 1. The predicted molar refractivity (Wildman–Crippen MR) is 69.4 cm³/mol. The van der Waals surface area contributed by atoms with E-state index in [4.69, 9.17) is 4.74 Å². The normalized spacial score (nSPS) is 18.9. The van der Waals surface area contributed by atoms with E-state index in [0.29, 0.717) is 12.0 Å². The van der Waals surface area contributed by atoms with Gasteiger partial charge in [0, 0.05) is 20.2 Å². The molecular formula is C12H20N2O2S. The summed E-state index contributed by atoms with van der Waals surface area (Å²) in [5.41, 5.74) is 1.24. The number of hydrogen-bond acceptors (Lipinski definition) is 5. The first-order valence-electron chi connectivity index (χ1n) is 5.89. The molecule has 0 radical (unpaired) electrons. The summed E-state index contributed by atoms with van der Waals surface area (Å²) in [6.45, 7) is 7.18. The number of methoxy groups -OCH3 is 1. The molecule has 1 aliphatic heterocycles. The Bertz CT molecular complexity index is 390. The fourth-order valence-electron chi connectivity index (χ4n) is 2.15. The summed E-state index contributed by atoms with van der Waals surface area (Å²) < 4.78 is 5.10. The minimum Gasteiger partial charge on any atom is -0.391 e. The van der Waals surface area contributed by atoms with Gasteiger partial charge in [-0.15, -0.1) is 0 Å². The first-order chi connectivity index (χ1) is 8.05. The molecule has 0 unspecified atom stereocenters. The highest BCUT2D eigenvalue weighted by molar-refractivity contribution is 7.15. The zero-order valence-electron chi connectivity index (χ0n) is 10.7. The van der Waals surface area contributed by atoms with Crippen LogP contribution in [0.15, 0.2) is 0 Å². The van der Waals surface area contributed by atoms with E-state index in [0.717, 1.165) is 28.8 Å². The number of aliphatic hydroxyl groups excluding tert-OH is 1. The van der Waals surface area contributed by atoms with Gasteiger partial charge in [0.2, 0.25) is 0 Å². The topological polar surface area (TPSA) is 45.6 Å². The van der Waals surface area contributed by atoms with E-state index in [9.17, 15) is 5.11 Å². The lowest BCUT2D eigenvalue weighted by Crippen LogP contribution is -2.22. The second kappa shape index (κ2) is 4.92. The molecule has 1 saturated heterocycles. The fraction of sp³-hybridized carbons (Fsp3) is 0.750. The molecule has 4 nitrogen and oxygen atoms in total. The second-order valence-electron chi connectivity index (χ2n) is 5.29. The van der Waals surface area contributed by atoms with Crippen LogP contribution in [0.4, 0.5) is 5.13 Å². The summed E-state index contributed by atoms with van der Waals surface area (Å²) in [4.78, 5) is 7.81. The molecular weight excluding hydrogens is 236 g/mol. The number of nitrogens with zero attached hydrogens (tertiary/aromatic N) is 2. The summed E-state index contributed by atoms with van der Waals surface area (Å²) in [6.07, 6.45) is 1.20. The highest BCUT2D eigenvalue weighted by atomic mass is 32.1. The van der Waals surface area contributed by atoms with Crippen molar-refractivity contribution in [2.24, 2.45) is 5.41 Å². The van der Waals surface area contributed by atoms with E-state index in [2.05, 4.69) is 23.7 Å². The number of hydrogen-bond donors (Lipinski definition) is 1. The third-order valence-corrected chi connectivity index (χ3v) is 4.28. The first kappa shape index (κ1) is 12.8. The maximum absolute atomic E-state index is 9.30. The van der Waals surface area contributed by atoms with E-state index in [1.165, 1.54) is 6.42 Å². The second-order valence-corrected chi connectivity index (χ2v) is 6.36. The van der Waals surface area contributed by atoms with E-state index in [1.807, 2.05) is 0 Å². The molecule has 0 amide bonds. The van der Waals surface area contributed by atoms with Crippen molar-refractivity contribution in [3.8, 4) is 0 Å². The highest BCUT2D eigenvalue weighted by Gasteiger charge is 2.31. The molecule has 0 bridgehead atoms. The molecule has 0 saturated carbocycles. The zero-order valence-corrected chi connectivity index (χ0v) is 11.5. The molecule has 0 spiro atoms. The van der Waals surface area contributed by atoms with Gasteiger partial charge in [-0.2, -0.15) is 0 Å². The van der Waals surface area contributed by atoms with Gasteiger partial charge in [0.15, 0.2) is 5.13 Å². The van der Waals surface area contributed by atoms with Gasteiger partial charge >= 0.3 is 0 Å². The molecule has 2 rings (SSSR count). The molecule has 1 aliphatic rings. The summed E-state index contributed by atoms with van der Waals surface area (Å²) in [7, 11) is 1.65. The van der Waals surface area contributed by atoms with E-state index < -0.39 is 0 Å². The Labute approximate surface area is 106 Å². The molecule has 5 heteroatoms. The van der Waals surface area contributed by atoms with Gasteiger partial charge in [0.25, 0.3) is 0 Å². The number of thiazole rings is 1. The van der Waals surface area contributed by atoms with E-state index >= 15 is 0 Å². The third-order valence-electron chi connectivity index (χ3n) is 3.14. The Balaban J connectivity index is 2.16. The van der Waals surface area contributed by atoms with Crippen LogP contribution >= 0.6 is 11.3 Å². The molecule has 2 heterocycles. The molecule has 0 atom stereocenters. The standard InChI is InChI=1S/C12H20N2O2S/c1-12(2)4-5-14(8-12)11-13-9(7-16-3)10(6-15)17-11/h15H,4-8H2,1-3H3. The number of aromatic nitrogens is 1. The Morgan fingerprint density at radius 3 is 2.82 bits per heavy atom. The molecule has 0 aliphatic carbocycles. The largest absolute Gasteiger partial charge is 0.391 e. The molecule has 96 valence electrons. The highest BCUT2D eigenvalue weighted by Crippen LogP contribution is 2.35. The van der Waals surface area contributed by atoms with Crippen LogP contribution in [0.1, 0.15) is 30.8 Å². The fourth-order valence-corrected chi connectivity index (χ4v) is 3.10. The summed E-state index contributed by atoms with van der Waals surface area (Å²) in [6, 6.07) is 0. The minimum atomic E-state index is 0.0492. The van der Waals surface area contributed by atoms with Crippen molar-refractivity contribution in [1.82, 2.24) is 4.98 Å². The number of ether oxygens (including phenoxy) is 1. The van der Waals surface area contributed by atoms with Crippen LogP contribution in [0.5, 0.6) is 0 Å². The lowest BCUT2D eigenvalue weighted by Gasteiger charge is -2.18. The van der Waals surface area contributed by atoms with E-state index in [1.54, 1.807) is 18.4 Å². The Morgan fingerprint density at radius 2 is 2.29 bits per heavy atom. The van der Waals surface area contributed by atoms with Crippen molar-refractivity contribution >= 4 is 16.5 Å². The maximum Gasteiger partial charge on any atom is 0.185 e. The Hall–Kier alpha value is -0.650. The van der Waals surface area contributed by atoms with Gasteiger partial charge in [0.05, 0.1) is 23.8 Å². The van der Waals surface area contributed by atoms with Crippen LogP contribution in [0, 0.1) is 5.41 Å². The SMILES string of the molecule is COCc1nc(N2CCC(C)(C)C2)sc1CO. The molecule has 1 N–H and O–H groups in total.